The highest BCUT2D eigenvalue weighted by Crippen LogP contribution is 2.04. The number of hydrogen-bond donors (Lipinski definition) is 0. The number of allylic oxidation sites excluding steroid dienone is 6. The Bertz CT molecular complexity index is 370. The van der Waals surface area contributed by atoms with Gasteiger partial charge in [0.25, 0.3) is 0 Å². The van der Waals surface area contributed by atoms with Gasteiger partial charge in [-0.15, -0.1) is 0 Å². The second-order valence-corrected chi connectivity index (χ2v) is 4.53. The summed E-state index contributed by atoms with van der Waals surface area (Å²) in [5.74, 6) is -0.233. The Hall–Kier alpha value is -1.48. The lowest BCUT2D eigenvalue weighted by atomic mass is 10.4. The number of carbonyl (C=O) groups is 1. The van der Waals surface area contributed by atoms with Gasteiger partial charge in [-0.1, -0.05) is 30.3 Å². The first-order valence-corrected chi connectivity index (χ1v) is 6.64. The highest BCUT2D eigenvalue weighted by molar-refractivity contribution is 6.31. The van der Waals surface area contributed by atoms with E-state index in [0.29, 0.717) is 5.03 Å². The van der Waals surface area contributed by atoms with Crippen LogP contribution >= 0.6 is 11.6 Å². The molecule has 0 aliphatic rings. The number of halogens is 1. The van der Waals surface area contributed by atoms with Crippen molar-refractivity contribution in [2.75, 3.05) is 13.1 Å². The molecule has 0 aromatic heterocycles. The van der Waals surface area contributed by atoms with Crippen LogP contribution in [0.4, 0.5) is 0 Å². The van der Waals surface area contributed by atoms with E-state index >= 15 is 0 Å². The molecule has 0 spiro atoms. The Morgan fingerprint density at radius 2 is 2.11 bits per heavy atom. The van der Waals surface area contributed by atoms with E-state index in [1.807, 2.05) is 31.9 Å². The van der Waals surface area contributed by atoms with Gasteiger partial charge in [-0.05, 0) is 45.2 Å². The lowest BCUT2D eigenvalue weighted by Gasteiger charge is -2.17. The molecule has 0 unspecified atom stereocenters. The zero-order chi connectivity index (χ0) is 14.7. The molecule has 0 aliphatic heterocycles. The largest absolute Gasteiger partial charge is 0.462 e. The van der Waals surface area contributed by atoms with Crippen LogP contribution in [0.2, 0.25) is 0 Å². The fraction of sp³-hybridized carbons (Fsp3) is 0.400. The van der Waals surface area contributed by atoms with Gasteiger partial charge in [0.05, 0.1) is 6.10 Å². The van der Waals surface area contributed by atoms with Gasteiger partial charge >= 0.3 is 5.97 Å². The van der Waals surface area contributed by atoms with Gasteiger partial charge < -0.3 is 9.64 Å². The molecule has 0 saturated carbocycles. The SMILES string of the molecule is C=C/C=C/C(Cl)=C\C=C\N(CC)CC(=O)OC(C)C. The number of likely N-dealkylation sites (N-methyl/N-ethyl adjacent to an activating group) is 1. The second kappa shape index (κ2) is 10.4. The molecule has 0 bridgehead atoms. The van der Waals surface area contributed by atoms with Crippen LogP contribution in [-0.2, 0) is 9.53 Å². The van der Waals surface area contributed by atoms with Gasteiger partial charge in [0.2, 0.25) is 0 Å². The minimum atomic E-state index is -0.233. The summed E-state index contributed by atoms with van der Waals surface area (Å²) in [6.07, 6.45) is 10.4. The van der Waals surface area contributed by atoms with E-state index in [1.165, 1.54) is 0 Å². The van der Waals surface area contributed by atoms with Crippen LogP contribution in [-0.4, -0.2) is 30.1 Å². The first-order chi connectivity index (χ1) is 8.99. The molecule has 0 rings (SSSR count). The Morgan fingerprint density at radius 1 is 1.42 bits per heavy atom. The van der Waals surface area contributed by atoms with Gasteiger partial charge in [0, 0.05) is 11.6 Å². The van der Waals surface area contributed by atoms with Gasteiger partial charge in [-0.3, -0.25) is 4.79 Å². The summed E-state index contributed by atoms with van der Waals surface area (Å²) in [5.41, 5.74) is 0. The third-order valence-corrected chi connectivity index (χ3v) is 2.30. The molecule has 0 fully saturated rings. The average Bonchev–Trinajstić information content (AvgIpc) is 2.34. The fourth-order valence-electron chi connectivity index (χ4n) is 1.21. The fourth-order valence-corrected chi connectivity index (χ4v) is 1.35. The number of hydrogen-bond acceptors (Lipinski definition) is 3. The standard InChI is InChI=1S/C15H22ClNO2/c1-5-7-9-14(16)10-8-11-17(6-2)12-15(18)19-13(3)4/h5,7-11,13H,1,6,12H2,2-4H3/b9-7+,11-8+,14-10+. The summed E-state index contributed by atoms with van der Waals surface area (Å²) >= 11 is 5.93. The molecule has 19 heavy (non-hydrogen) atoms. The number of nitrogens with zero attached hydrogens (tertiary/aromatic N) is 1. The smallest absolute Gasteiger partial charge is 0.325 e. The normalized spacial score (nSPS) is 12.4. The number of carbonyl (C=O) groups excluding carboxylic acids is 1. The van der Waals surface area contributed by atoms with Gasteiger partial charge in [-0.25, -0.2) is 0 Å². The molecule has 0 aliphatic carbocycles. The highest BCUT2D eigenvalue weighted by Gasteiger charge is 2.08. The first-order valence-electron chi connectivity index (χ1n) is 6.26. The molecule has 3 nitrogen and oxygen atoms in total. The van der Waals surface area contributed by atoms with E-state index in [1.54, 1.807) is 30.4 Å². The molecule has 0 aromatic rings. The molecule has 0 saturated heterocycles. The number of esters is 1. The monoisotopic (exact) mass is 283 g/mol. The molecule has 4 heteroatoms. The van der Waals surface area contributed by atoms with Crippen molar-refractivity contribution in [1.82, 2.24) is 4.90 Å². The van der Waals surface area contributed by atoms with Crippen LogP contribution in [0.15, 0.2) is 48.2 Å². The summed E-state index contributed by atoms with van der Waals surface area (Å²) in [4.78, 5) is 13.3. The molecule has 0 amide bonds. The molecular formula is C15H22ClNO2. The molecular weight excluding hydrogens is 262 g/mol. The summed E-state index contributed by atoms with van der Waals surface area (Å²) in [6, 6.07) is 0. The van der Waals surface area contributed by atoms with Crippen molar-refractivity contribution in [2.24, 2.45) is 0 Å². The van der Waals surface area contributed by atoms with Crippen molar-refractivity contribution in [3.63, 3.8) is 0 Å². The minimum absolute atomic E-state index is 0.0893. The van der Waals surface area contributed by atoms with Crippen LogP contribution in [0.5, 0.6) is 0 Å². The summed E-state index contributed by atoms with van der Waals surface area (Å²) in [6.45, 7) is 10.1. The maximum Gasteiger partial charge on any atom is 0.325 e. The van der Waals surface area contributed by atoms with Crippen molar-refractivity contribution in [3.05, 3.63) is 48.2 Å². The van der Waals surface area contributed by atoms with E-state index in [9.17, 15) is 4.79 Å². The maximum absolute atomic E-state index is 11.5. The van der Waals surface area contributed by atoms with Crippen molar-refractivity contribution in [1.29, 1.82) is 0 Å². The molecule has 0 atom stereocenters. The van der Waals surface area contributed by atoms with Crippen LogP contribution in [0.3, 0.4) is 0 Å². The summed E-state index contributed by atoms with van der Waals surface area (Å²) in [7, 11) is 0. The topological polar surface area (TPSA) is 29.5 Å². The van der Waals surface area contributed by atoms with E-state index < -0.39 is 0 Å². The first kappa shape index (κ1) is 17.5. The number of ether oxygens (including phenoxy) is 1. The molecule has 0 heterocycles. The zero-order valence-electron chi connectivity index (χ0n) is 11.8. The average molecular weight is 284 g/mol. The van der Waals surface area contributed by atoms with Crippen LogP contribution < -0.4 is 0 Å². The Balaban J connectivity index is 4.36. The predicted octanol–water partition coefficient (Wildman–Crippen LogP) is 3.64. The minimum Gasteiger partial charge on any atom is -0.462 e. The number of rotatable bonds is 8. The van der Waals surface area contributed by atoms with Crippen LogP contribution in [0.25, 0.3) is 0 Å². The Kier molecular flexibility index (Phi) is 9.63. The van der Waals surface area contributed by atoms with Crippen molar-refractivity contribution in [2.45, 2.75) is 26.9 Å². The van der Waals surface area contributed by atoms with Gasteiger partial charge in [0.1, 0.15) is 6.54 Å². The summed E-state index contributed by atoms with van der Waals surface area (Å²) in [5, 5.41) is 0.594. The van der Waals surface area contributed by atoms with Crippen molar-refractivity contribution >= 4 is 17.6 Å². The molecule has 0 aromatic carbocycles. The predicted molar refractivity (Wildman–Crippen MR) is 80.9 cm³/mol. The third kappa shape index (κ3) is 10.2. The van der Waals surface area contributed by atoms with Crippen molar-refractivity contribution < 1.29 is 9.53 Å². The third-order valence-electron chi connectivity index (χ3n) is 2.05. The van der Waals surface area contributed by atoms with E-state index in [4.69, 9.17) is 16.3 Å². The van der Waals surface area contributed by atoms with Crippen LogP contribution in [0, 0.1) is 0 Å². The van der Waals surface area contributed by atoms with Crippen LogP contribution in [0.1, 0.15) is 20.8 Å². The summed E-state index contributed by atoms with van der Waals surface area (Å²) < 4.78 is 5.08. The quantitative estimate of drug-likeness (QED) is 0.503. The second-order valence-electron chi connectivity index (χ2n) is 4.09. The Labute approximate surface area is 120 Å². The van der Waals surface area contributed by atoms with Gasteiger partial charge in [0.15, 0.2) is 0 Å². The maximum atomic E-state index is 11.5. The van der Waals surface area contributed by atoms with E-state index in [2.05, 4.69) is 6.58 Å². The highest BCUT2D eigenvalue weighted by atomic mass is 35.5. The lowest BCUT2D eigenvalue weighted by Crippen LogP contribution is -2.27. The van der Waals surface area contributed by atoms with Crippen molar-refractivity contribution in [3.8, 4) is 0 Å². The zero-order valence-corrected chi connectivity index (χ0v) is 12.6. The van der Waals surface area contributed by atoms with E-state index in [0.717, 1.165) is 6.54 Å². The lowest BCUT2D eigenvalue weighted by molar-refractivity contribution is -0.148. The Morgan fingerprint density at radius 3 is 2.63 bits per heavy atom. The van der Waals surface area contributed by atoms with E-state index in [-0.39, 0.29) is 18.6 Å². The van der Waals surface area contributed by atoms with Gasteiger partial charge in [-0.2, -0.15) is 0 Å². The molecule has 0 radical (unpaired) electrons. The molecule has 106 valence electrons. The molecule has 0 N–H and O–H groups in total.